The summed E-state index contributed by atoms with van der Waals surface area (Å²) in [7, 11) is 0. The van der Waals surface area contributed by atoms with Gasteiger partial charge in [0, 0.05) is 43.9 Å². The van der Waals surface area contributed by atoms with Crippen LogP contribution >= 0.6 is 0 Å². The fourth-order valence-electron chi connectivity index (χ4n) is 3.07. The van der Waals surface area contributed by atoms with E-state index in [0.717, 1.165) is 33.6 Å². The Morgan fingerprint density at radius 2 is 1.31 bits per heavy atom. The molecular weight excluding hydrogens is 452 g/mol. The zero-order chi connectivity index (χ0) is 25.6. The van der Waals surface area contributed by atoms with Crippen LogP contribution in [0.25, 0.3) is 22.5 Å². The number of aromatic nitrogens is 2. The lowest BCUT2D eigenvalue weighted by Crippen LogP contribution is -2.34. The molecule has 0 aliphatic rings. The van der Waals surface area contributed by atoms with Gasteiger partial charge in [-0.25, -0.2) is 10.9 Å². The molecule has 2 aromatic carbocycles. The van der Waals surface area contributed by atoms with E-state index < -0.39 is 0 Å². The lowest BCUT2D eigenvalue weighted by atomic mass is 10.1. The second-order valence-electron chi connectivity index (χ2n) is 7.71. The van der Waals surface area contributed by atoms with Crippen molar-refractivity contribution in [3.8, 4) is 22.5 Å². The quantitative estimate of drug-likeness (QED) is 0.273. The molecule has 36 heavy (non-hydrogen) atoms. The van der Waals surface area contributed by atoms with Crippen molar-refractivity contribution in [3.63, 3.8) is 0 Å². The largest absolute Gasteiger partial charge is 0.292 e. The average molecular weight is 481 g/mol. The Bertz CT molecular complexity index is 1260. The molecular formula is C28H28N6O2. The normalized spacial score (nSPS) is 10.3. The number of hydrazine groups is 1. The van der Waals surface area contributed by atoms with Gasteiger partial charge in [0.1, 0.15) is 0 Å². The number of carbonyl (C=O) groups excluding carboxylic acids is 2. The van der Waals surface area contributed by atoms with E-state index >= 15 is 0 Å². The molecule has 8 nitrogen and oxygen atoms in total. The van der Waals surface area contributed by atoms with E-state index in [9.17, 15) is 9.59 Å². The molecule has 0 saturated heterocycles. The highest BCUT2D eigenvalue weighted by atomic mass is 16.2. The zero-order valence-electron chi connectivity index (χ0n) is 20.2. The van der Waals surface area contributed by atoms with Crippen LogP contribution in [0.1, 0.15) is 25.0 Å². The summed E-state index contributed by atoms with van der Waals surface area (Å²) in [5.41, 5.74) is 13.8. The van der Waals surface area contributed by atoms with E-state index in [-0.39, 0.29) is 11.8 Å². The summed E-state index contributed by atoms with van der Waals surface area (Å²) in [4.78, 5) is 29.9. The number of nitrogens with one attached hydrogen (secondary N) is 3. The molecule has 0 fully saturated rings. The number of hydrazone groups is 1. The number of amides is 2. The van der Waals surface area contributed by atoms with Crippen LogP contribution in [0.15, 0.2) is 102 Å². The number of pyridine rings is 2. The number of hydrogen-bond acceptors (Lipinski definition) is 6. The third-order valence-electron chi connectivity index (χ3n) is 4.78. The van der Waals surface area contributed by atoms with Crippen molar-refractivity contribution in [1.82, 2.24) is 26.2 Å². The summed E-state index contributed by atoms with van der Waals surface area (Å²) in [6.45, 7) is 3.49. The van der Waals surface area contributed by atoms with Gasteiger partial charge in [-0.2, -0.15) is 5.10 Å². The van der Waals surface area contributed by atoms with E-state index in [1.807, 2.05) is 84.9 Å². The SMILES string of the molecule is CC(=O)NN=Cc1ccc(-c2ccccn2)cc1.CC(=O)NNCc1ccc(-c2ccccn2)cc1. The maximum atomic E-state index is 10.7. The predicted molar refractivity (Wildman–Crippen MR) is 141 cm³/mol. The Labute approximate surface area is 210 Å². The number of hydrogen-bond donors (Lipinski definition) is 3. The fraction of sp³-hybridized carbons (Fsp3) is 0.107. The van der Waals surface area contributed by atoms with Gasteiger partial charge in [-0.3, -0.25) is 25.0 Å². The number of rotatable bonds is 7. The first kappa shape index (κ1) is 25.9. The molecule has 2 heterocycles. The van der Waals surface area contributed by atoms with E-state index in [0.29, 0.717) is 6.54 Å². The van der Waals surface area contributed by atoms with Crippen LogP contribution < -0.4 is 16.3 Å². The van der Waals surface area contributed by atoms with Crippen LogP contribution in [-0.2, 0) is 16.1 Å². The van der Waals surface area contributed by atoms with Crippen LogP contribution in [0.4, 0.5) is 0 Å². The molecule has 0 atom stereocenters. The summed E-state index contributed by atoms with van der Waals surface area (Å²) in [6, 6.07) is 27.5. The Morgan fingerprint density at radius 1 is 0.750 bits per heavy atom. The number of nitrogens with zero attached hydrogens (tertiary/aromatic N) is 3. The zero-order valence-corrected chi connectivity index (χ0v) is 20.2. The minimum Gasteiger partial charge on any atom is -0.292 e. The summed E-state index contributed by atoms with van der Waals surface area (Å²) in [5, 5.41) is 3.80. The predicted octanol–water partition coefficient (Wildman–Crippen LogP) is 4.11. The standard InChI is InChI=1S/C14H15N3O.C14H13N3O/c2*1-11(18)17-16-10-12-5-7-13(8-6-12)14-4-2-3-9-15-14/h2-9,16H,10H2,1H3,(H,17,18);2-10H,1H3,(H,17,18). The maximum absolute atomic E-state index is 10.7. The molecule has 182 valence electrons. The molecule has 0 saturated carbocycles. The fourth-order valence-corrected chi connectivity index (χ4v) is 3.07. The van der Waals surface area contributed by atoms with Gasteiger partial charge >= 0.3 is 0 Å². The van der Waals surface area contributed by atoms with Gasteiger partial charge in [0.25, 0.3) is 0 Å². The van der Waals surface area contributed by atoms with Gasteiger partial charge in [0.05, 0.1) is 17.6 Å². The molecule has 4 rings (SSSR count). The van der Waals surface area contributed by atoms with Crippen LogP contribution in [0.5, 0.6) is 0 Å². The first-order chi connectivity index (χ1) is 17.5. The molecule has 0 aliphatic carbocycles. The van der Waals surface area contributed by atoms with Crippen molar-refractivity contribution < 1.29 is 9.59 Å². The summed E-state index contributed by atoms with van der Waals surface area (Å²) >= 11 is 0. The second-order valence-corrected chi connectivity index (χ2v) is 7.71. The van der Waals surface area contributed by atoms with Gasteiger partial charge in [-0.15, -0.1) is 0 Å². The van der Waals surface area contributed by atoms with Crippen LogP contribution in [0.2, 0.25) is 0 Å². The van der Waals surface area contributed by atoms with Gasteiger partial charge in [-0.05, 0) is 35.4 Å². The van der Waals surface area contributed by atoms with Crippen molar-refractivity contribution in [2.45, 2.75) is 20.4 Å². The molecule has 3 N–H and O–H groups in total. The van der Waals surface area contributed by atoms with Crippen molar-refractivity contribution in [3.05, 3.63) is 108 Å². The Kier molecular flexibility index (Phi) is 10.00. The molecule has 2 amide bonds. The first-order valence-corrected chi connectivity index (χ1v) is 11.3. The van der Waals surface area contributed by atoms with Crippen molar-refractivity contribution in [2.75, 3.05) is 0 Å². The minimum atomic E-state index is -0.184. The van der Waals surface area contributed by atoms with Gasteiger partial charge in [-0.1, -0.05) is 60.7 Å². The highest BCUT2D eigenvalue weighted by Crippen LogP contribution is 2.17. The van der Waals surface area contributed by atoms with Gasteiger partial charge in [0.2, 0.25) is 11.8 Å². The van der Waals surface area contributed by atoms with E-state index in [2.05, 4.69) is 31.3 Å². The topological polar surface area (TPSA) is 108 Å². The smallest absolute Gasteiger partial charge is 0.236 e. The molecule has 0 radical (unpaired) electrons. The van der Waals surface area contributed by atoms with Crippen molar-refractivity contribution in [1.29, 1.82) is 0 Å². The van der Waals surface area contributed by atoms with Gasteiger partial charge in [0.15, 0.2) is 0 Å². The van der Waals surface area contributed by atoms with Crippen LogP contribution in [0.3, 0.4) is 0 Å². The molecule has 0 unspecified atom stereocenters. The summed E-state index contributed by atoms with van der Waals surface area (Å²) in [5.74, 6) is -0.281. The molecule has 2 aromatic heterocycles. The lowest BCUT2D eigenvalue weighted by Gasteiger charge is -2.06. The van der Waals surface area contributed by atoms with Gasteiger partial charge < -0.3 is 0 Å². The van der Waals surface area contributed by atoms with Crippen molar-refractivity contribution >= 4 is 18.0 Å². The molecule has 4 aromatic rings. The van der Waals surface area contributed by atoms with E-state index in [1.54, 1.807) is 18.6 Å². The number of benzene rings is 2. The van der Waals surface area contributed by atoms with E-state index in [4.69, 9.17) is 0 Å². The molecule has 0 bridgehead atoms. The van der Waals surface area contributed by atoms with Crippen LogP contribution in [-0.4, -0.2) is 28.0 Å². The molecule has 0 aliphatic heterocycles. The Hall–Kier alpha value is -4.69. The maximum Gasteiger partial charge on any atom is 0.236 e. The third-order valence-corrected chi connectivity index (χ3v) is 4.78. The molecule has 0 spiro atoms. The minimum absolute atomic E-state index is 0.0971. The first-order valence-electron chi connectivity index (χ1n) is 11.3. The Balaban J connectivity index is 0.000000201. The van der Waals surface area contributed by atoms with E-state index in [1.165, 1.54) is 13.8 Å². The highest BCUT2D eigenvalue weighted by molar-refractivity contribution is 5.82. The third kappa shape index (κ3) is 8.92. The lowest BCUT2D eigenvalue weighted by molar-refractivity contribution is -0.120. The Morgan fingerprint density at radius 3 is 1.78 bits per heavy atom. The summed E-state index contributed by atoms with van der Waals surface area (Å²) in [6.07, 6.45) is 5.15. The summed E-state index contributed by atoms with van der Waals surface area (Å²) < 4.78 is 0. The van der Waals surface area contributed by atoms with Crippen LogP contribution in [0, 0.1) is 0 Å². The number of carbonyl (C=O) groups is 2. The average Bonchev–Trinajstić information content (AvgIpc) is 2.90. The monoisotopic (exact) mass is 480 g/mol. The highest BCUT2D eigenvalue weighted by Gasteiger charge is 1.99. The van der Waals surface area contributed by atoms with Crippen molar-refractivity contribution in [2.24, 2.45) is 5.10 Å². The molecule has 8 heteroatoms. The second kappa shape index (κ2) is 13.9.